The minimum Gasteiger partial charge on any atom is -0.350 e. The van der Waals surface area contributed by atoms with E-state index < -0.39 is 0 Å². The first-order valence-electron chi connectivity index (χ1n) is 10.1. The van der Waals surface area contributed by atoms with Gasteiger partial charge in [0, 0.05) is 42.0 Å². The molecule has 0 radical (unpaired) electrons. The van der Waals surface area contributed by atoms with Crippen molar-refractivity contribution in [3.05, 3.63) is 65.2 Å². The topological polar surface area (TPSA) is 52.7 Å². The molecule has 2 heterocycles. The van der Waals surface area contributed by atoms with Gasteiger partial charge in [0.05, 0.1) is 0 Å². The van der Waals surface area contributed by atoms with Gasteiger partial charge in [0.25, 0.3) is 11.8 Å². The Morgan fingerprint density at radius 2 is 1.75 bits per heavy atom. The predicted molar refractivity (Wildman–Crippen MR) is 111 cm³/mol. The van der Waals surface area contributed by atoms with Crippen molar-refractivity contribution in [2.24, 2.45) is 0 Å². The molecule has 1 N–H and O–H groups in total. The van der Waals surface area contributed by atoms with E-state index in [9.17, 15) is 9.59 Å². The minimum atomic E-state index is -0.115. The number of amides is 2. The third-order valence-electron chi connectivity index (χ3n) is 5.61. The number of benzene rings is 2. The molecule has 2 aliphatic rings. The van der Waals surface area contributed by atoms with E-state index in [4.69, 9.17) is 0 Å². The van der Waals surface area contributed by atoms with Crippen molar-refractivity contribution >= 4 is 17.5 Å². The second kappa shape index (κ2) is 7.76. The van der Waals surface area contributed by atoms with Crippen LogP contribution in [0.2, 0.25) is 0 Å². The molecular formula is C23H27N3O2. The number of nitrogens with one attached hydrogen (secondary N) is 1. The van der Waals surface area contributed by atoms with Gasteiger partial charge in [0.15, 0.2) is 0 Å². The van der Waals surface area contributed by atoms with Gasteiger partial charge in [-0.1, -0.05) is 18.2 Å². The van der Waals surface area contributed by atoms with E-state index >= 15 is 0 Å². The number of carbonyl (C=O) groups excluding carboxylic acids is 2. The zero-order valence-corrected chi connectivity index (χ0v) is 16.5. The maximum Gasteiger partial charge on any atom is 0.258 e. The first kappa shape index (κ1) is 18.7. The van der Waals surface area contributed by atoms with E-state index in [0.29, 0.717) is 23.7 Å². The highest BCUT2D eigenvalue weighted by Gasteiger charge is 2.33. The summed E-state index contributed by atoms with van der Waals surface area (Å²) < 4.78 is 0. The van der Waals surface area contributed by atoms with Crippen molar-refractivity contribution in [1.82, 2.24) is 10.2 Å². The zero-order chi connectivity index (χ0) is 19.7. The Balaban J connectivity index is 1.60. The van der Waals surface area contributed by atoms with Gasteiger partial charge in [-0.3, -0.25) is 14.5 Å². The van der Waals surface area contributed by atoms with Crippen LogP contribution in [0.1, 0.15) is 53.0 Å². The van der Waals surface area contributed by atoms with Crippen molar-refractivity contribution in [3.8, 4) is 0 Å². The van der Waals surface area contributed by atoms with Gasteiger partial charge in [-0.25, -0.2) is 0 Å². The average Bonchev–Trinajstić information content (AvgIpc) is 3.06. The molecule has 1 unspecified atom stereocenters. The highest BCUT2D eigenvalue weighted by atomic mass is 16.2. The van der Waals surface area contributed by atoms with Crippen LogP contribution in [-0.4, -0.2) is 41.9 Å². The molecule has 2 aliphatic heterocycles. The number of anilines is 1. The Morgan fingerprint density at radius 1 is 1.04 bits per heavy atom. The standard InChI is InChI=1S/C23H27N3O2/c1-16(2)24-22(27)17-9-11-18(12-10-17)23(28)26-15-20-7-5-13-25(20)14-19-6-3-4-8-21(19)26/h3-4,6,8-12,16,20H,5,7,13-15H2,1-2H3,(H,24,27). The van der Waals surface area contributed by atoms with Gasteiger partial charge >= 0.3 is 0 Å². The molecule has 4 rings (SSSR count). The number of hydrogen-bond acceptors (Lipinski definition) is 3. The van der Waals surface area contributed by atoms with Crippen LogP contribution in [0.3, 0.4) is 0 Å². The number of carbonyl (C=O) groups is 2. The Morgan fingerprint density at radius 3 is 2.50 bits per heavy atom. The van der Waals surface area contributed by atoms with Crippen LogP contribution in [0.15, 0.2) is 48.5 Å². The number of nitrogens with zero attached hydrogens (tertiary/aromatic N) is 2. The van der Waals surface area contributed by atoms with E-state index in [0.717, 1.165) is 25.2 Å². The summed E-state index contributed by atoms with van der Waals surface area (Å²) in [6, 6.07) is 15.7. The molecule has 0 aliphatic carbocycles. The summed E-state index contributed by atoms with van der Waals surface area (Å²) in [6.07, 6.45) is 2.32. The highest BCUT2D eigenvalue weighted by Crippen LogP contribution is 2.32. The maximum absolute atomic E-state index is 13.4. The number of fused-ring (bicyclic) bond motifs is 2. The maximum atomic E-state index is 13.4. The van der Waals surface area contributed by atoms with E-state index in [2.05, 4.69) is 16.3 Å². The molecule has 2 aromatic carbocycles. The molecule has 0 saturated carbocycles. The summed E-state index contributed by atoms with van der Waals surface area (Å²) in [4.78, 5) is 29.9. The minimum absolute atomic E-state index is 0.00276. The van der Waals surface area contributed by atoms with Gasteiger partial charge in [-0.05, 0) is 69.1 Å². The molecule has 28 heavy (non-hydrogen) atoms. The van der Waals surface area contributed by atoms with Crippen molar-refractivity contribution in [2.75, 3.05) is 18.0 Å². The Bertz CT molecular complexity index is 876. The van der Waals surface area contributed by atoms with Crippen LogP contribution >= 0.6 is 0 Å². The fourth-order valence-electron chi connectivity index (χ4n) is 4.20. The Hall–Kier alpha value is -2.66. The lowest BCUT2D eigenvalue weighted by atomic mass is 10.1. The van der Waals surface area contributed by atoms with Crippen molar-refractivity contribution in [2.45, 2.75) is 45.3 Å². The van der Waals surface area contributed by atoms with E-state index in [1.165, 1.54) is 12.0 Å². The third kappa shape index (κ3) is 3.67. The lowest BCUT2D eigenvalue weighted by Crippen LogP contribution is -2.40. The fourth-order valence-corrected chi connectivity index (χ4v) is 4.20. The monoisotopic (exact) mass is 377 g/mol. The van der Waals surface area contributed by atoms with E-state index in [1.54, 1.807) is 24.3 Å². The van der Waals surface area contributed by atoms with Crippen molar-refractivity contribution in [3.63, 3.8) is 0 Å². The normalized spacial score (nSPS) is 19.1. The van der Waals surface area contributed by atoms with Crippen molar-refractivity contribution in [1.29, 1.82) is 0 Å². The summed E-state index contributed by atoms with van der Waals surface area (Å²) in [7, 11) is 0. The molecule has 2 amide bonds. The van der Waals surface area contributed by atoms with Crippen molar-refractivity contribution < 1.29 is 9.59 Å². The lowest BCUT2D eigenvalue weighted by Gasteiger charge is -2.26. The van der Waals surface area contributed by atoms with Crippen LogP contribution in [-0.2, 0) is 6.54 Å². The molecule has 146 valence electrons. The molecule has 1 atom stereocenters. The fraction of sp³-hybridized carbons (Fsp3) is 0.391. The molecule has 0 bridgehead atoms. The Kier molecular flexibility index (Phi) is 5.18. The summed E-state index contributed by atoms with van der Waals surface area (Å²) in [6.45, 7) is 6.57. The van der Waals surface area contributed by atoms with Crippen LogP contribution in [0, 0.1) is 0 Å². The van der Waals surface area contributed by atoms with E-state index in [1.807, 2.05) is 36.9 Å². The summed E-state index contributed by atoms with van der Waals surface area (Å²) in [5.74, 6) is -0.118. The molecule has 1 fully saturated rings. The van der Waals surface area contributed by atoms with Gasteiger partial charge in [-0.2, -0.15) is 0 Å². The van der Waals surface area contributed by atoms with Crippen LogP contribution in [0.4, 0.5) is 5.69 Å². The second-order valence-electron chi connectivity index (χ2n) is 8.02. The molecular weight excluding hydrogens is 350 g/mol. The molecule has 5 nitrogen and oxygen atoms in total. The van der Waals surface area contributed by atoms with Gasteiger partial charge in [0.2, 0.25) is 0 Å². The first-order chi connectivity index (χ1) is 13.5. The smallest absolute Gasteiger partial charge is 0.258 e. The SMILES string of the molecule is CC(C)NC(=O)c1ccc(C(=O)N2CC3CCCN3Cc3ccccc32)cc1. The van der Waals surface area contributed by atoms with E-state index in [-0.39, 0.29) is 17.9 Å². The summed E-state index contributed by atoms with van der Waals surface area (Å²) in [5, 5.41) is 2.88. The lowest BCUT2D eigenvalue weighted by molar-refractivity contribution is 0.0939. The third-order valence-corrected chi connectivity index (χ3v) is 5.61. The van der Waals surface area contributed by atoms with Gasteiger partial charge in [0.1, 0.15) is 0 Å². The quantitative estimate of drug-likeness (QED) is 0.891. The number of hydrogen-bond donors (Lipinski definition) is 1. The van der Waals surface area contributed by atoms with Gasteiger partial charge < -0.3 is 10.2 Å². The zero-order valence-electron chi connectivity index (χ0n) is 16.5. The highest BCUT2D eigenvalue weighted by molar-refractivity contribution is 6.07. The molecule has 1 saturated heterocycles. The molecule has 0 aromatic heterocycles. The number of para-hydroxylation sites is 1. The largest absolute Gasteiger partial charge is 0.350 e. The second-order valence-corrected chi connectivity index (χ2v) is 8.02. The summed E-state index contributed by atoms with van der Waals surface area (Å²) in [5.41, 5.74) is 3.39. The summed E-state index contributed by atoms with van der Waals surface area (Å²) >= 11 is 0. The Labute approximate surface area is 166 Å². The number of rotatable bonds is 3. The average molecular weight is 377 g/mol. The van der Waals surface area contributed by atoms with Crippen LogP contribution < -0.4 is 10.2 Å². The predicted octanol–water partition coefficient (Wildman–Crippen LogP) is 3.45. The first-order valence-corrected chi connectivity index (χ1v) is 10.1. The molecule has 2 aromatic rings. The molecule has 0 spiro atoms. The van der Waals surface area contributed by atoms with Crippen LogP contribution in [0.5, 0.6) is 0 Å². The van der Waals surface area contributed by atoms with Gasteiger partial charge in [-0.15, -0.1) is 0 Å². The van der Waals surface area contributed by atoms with Crippen LogP contribution in [0.25, 0.3) is 0 Å². The molecule has 5 heteroatoms.